The van der Waals surface area contributed by atoms with Gasteiger partial charge in [0.25, 0.3) is 0 Å². The van der Waals surface area contributed by atoms with Crippen molar-refractivity contribution in [2.75, 3.05) is 12.3 Å². The van der Waals surface area contributed by atoms with Crippen LogP contribution in [0.15, 0.2) is 0 Å². The first kappa shape index (κ1) is 16.7. The topological polar surface area (TPSA) is 66.5 Å². The molecule has 0 bridgehead atoms. The summed E-state index contributed by atoms with van der Waals surface area (Å²) in [6.07, 6.45) is 2.94. The van der Waals surface area contributed by atoms with E-state index in [0.717, 1.165) is 12.8 Å². The third kappa shape index (κ3) is 3.26. The van der Waals surface area contributed by atoms with Gasteiger partial charge in [-0.3, -0.25) is 10.1 Å². The molecule has 3 atom stereocenters. The Morgan fingerprint density at radius 3 is 2.57 bits per heavy atom. The molecular formula is C15H28N2O3S. The fourth-order valence-corrected chi connectivity index (χ4v) is 5.16. The maximum Gasteiger partial charge on any atom is 0.243 e. The molecule has 5 nitrogen and oxygen atoms in total. The Bertz CT molecular complexity index is 503. The van der Waals surface area contributed by atoms with E-state index < -0.39 is 15.4 Å². The molecule has 2 rings (SSSR count). The fourth-order valence-electron chi connectivity index (χ4n) is 3.34. The van der Waals surface area contributed by atoms with Crippen LogP contribution in [0.4, 0.5) is 0 Å². The van der Waals surface area contributed by atoms with E-state index in [9.17, 15) is 13.2 Å². The molecule has 0 aromatic heterocycles. The van der Waals surface area contributed by atoms with Crippen molar-refractivity contribution in [3.05, 3.63) is 0 Å². The number of rotatable bonds is 5. The third-order valence-corrected chi connectivity index (χ3v) is 7.12. The minimum absolute atomic E-state index is 0.0433. The van der Waals surface area contributed by atoms with Crippen molar-refractivity contribution in [3.8, 4) is 0 Å². The van der Waals surface area contributed by atoms with Gasteiger partial charge in [-0.1, -0.05) is 20.8 Å². The highest BCUT2D eigenvalue weighted by atomic mass is 32.2. The van der Waals surface area contributed by atoms with Crippen molar-refractivity contribution in [2.24, 2.45) is 5.92 Å². The molecule has 122 valence electrons. The van der Waals surface area contributed by atoms with Gasteiger partial charge in [-0.25, -0.2) is 8.42 Å². The fraction of sp³-hybridized carbons (Fsp3) is 0.933. The third-order valence-electron chi connectivity index (χ3n) is 4.86. The number of carbonyl (C=O) groups is 1. The van der Waals surface area contributed by atoms with Gasteiger partial charge in [-0.15, -0.1) is 0 Å². The van der Waals surface area contributed by atoms with Crippen LogP contribution >= 0.6 is 0 Å². The lowest BCUT2D eigenvalue weighted by atomic mass is 9.99. The molecule has 1 N–H and O–H groups in total. The first-order valence-corrected chi connectivity index (χ1v) is 9.71. The highest BCUT2D eigenvalue weighted by Gasteiger charge is 2.48. The number of hydrogen-bond donors (Lipinski definition) is 1. The number of nitrogens with one attached hydrogen (secondary N) is 1. The van der Waals surface area contributed by atoms with Crippen LogP contribution in [0.3, 0.4) is 0 Å². The summed E-state index contributed by atoms with van der Waals surface area (Å²) in [5.74, 6) is 0.780. The normalized spacial score (nSPS) is 35.9. The lowest BCUT2D eigenvalue weighted by Crippen LogP contribution is -2.44. The summed E-state index contributed by atoms with van der Waals surface area (Å²) in [5.41, 5.74) is -0.554. The standard InChI is InChI=1S/C15H28N2O3S/c1-5-15(4)14(18)17(13(16-15)9-11(2)3)10-12-7-6-8-21(12,19)20/h11-13,16H,5-10H2,1-4H3. The molecule has 6 heteroatoms. The highest BCUT2D eigenvalue weighted by molar-refractivity contribution is 7.92. The lowest BCUT2D eigenvalue weighted by molar-refractivity contribution is -0.133. The number of sulfone groups is 1. The van der Waals surface area contributed by atoms with Gasteiger partial charge in [0.2, 0.25) is 5.91 Å². The van der Waals surface area contributed by atoms with E-state index in [-0.39, 0.29) is 23.1 Å². The molecule has 2 fully saturated rings. The summed E-state index contributed by atoms with van der Waals surface area (Å²) in [6.45, 7) is 8.51. The molecule has 2 heterocycles. The summed E-state index contributed by atoms with van der Waals surface area (Å²) in [6, 6.07) is 0. The molecule has 0 saturated carbocycles. The predicted molar refractivity (Wildman–Crippen MR) is 83.6 cm³/mol. The maximum absolute atomic E-state index is 12.7. The number of nitrogens with zero attached hydrogens (tertiary/aromatic N) is 1. The minimum atomic E-state index is -3.02. The Morgan fingerprint density at radius 2 is 2.10 bits per heavy atom. The molecule has 21 heavy (non-hydrogen) atoms. The zero-order chi connectivity index (χ0) is 15.8. The molecule has 0 aliphatic carbocycles. The van der Waals surface area contributed by atoms with Gasteiger partial charge >= 0.3 is 0 Å². The maximum atomic E-state index is 12.7. The Morgan fingerprint density at radius 1 is 1.43 bits per heavy atom. The molecule has 0 aromatic carbocycles. The zero-order valence-corrected chi connectivity index (χ0v) is 14.4. The van der Waals surface area contributed by atoms with Crippen molar-refractivity contribution in [3.63, 3.8) is 0 Å². The molecule has 3 unspecified atom stereocenters. The van der Waals surface area contributed by atoms with Crippen LogP contribution in [-0.2, 0) is 14.6 Å². The number of carbonyl (C=O) groups excluding carboxylic acids is 1. The number of hydrogen-bond acceptors (Lipinski definition) is 4. The van der Waals surface area contributed by atoms with Crippen molar-refractivity contribution < 1.29 is 13.2 Å². The monoisotopic (exact) mass is 316 g/mol. The van der Waals surface area contributed by atoms with Gasteiger partial charge in [0, 0.05) is 6.54 Å². The van der Waals surface area contributed by atoms with Gasteiger partial charge in [-0.2, -0.15) is 0 Å². The zero-order valence-electron chi connectivity index (χ0n) is 13.6. The SMILES string of the molecule is CCC1(C)NC(CC(C)C)N(CC2CCCS2(=O)=O)C1=O. The lowest BCUT2D eigenvalue weighted by Gasteiger charge is -2.27. The van der Waals surface area contributed by atoms with Gasteiger partial charge in [-0.05, 0) is 38.5 Å². The van der Waals surface area contributed by atoms with Crippen LogP contribution in [0.2, 0.25) is 0 Å². The molecule has 0 spiro atoms. The number of amides is 1. The summed E-state index contributed by atoms with van der Waals surface area (Å²) in [7, 11) is -3.02. The second-order valence-corrected chi connectivity index (χ2v) is 9.46. The van der Waals surface area contributed by atoms with E-state index in [1.807, 2.05) is 13.8 Å². The van der Waals surface area contributed by atoms with Gasteiger partial charge < -0.3 is 4.90 Å². The molecule has 2 aliphatic heterocycles. The quantitative estimate of drug-likeness (QED) is 0.835. The smallest absolute Gasteiger partial charge is 0.243 e. The summed E-state index contributed by atoms with van der Waals surface area (Å²) < 4.78 is 24.1. The predicted octanol–water partition coefficient (Wildman–Crippen LogP) is 1.54. The second kappa shape index (κ2) is 5.88. The summed E-state index contributed by atoms with van der Waals surface area (Å²) in [5, 5.41) is 3.05. The Kier molecular flexibility index (Phi) is 4.69. The second-order valence-electron chi connectivity index (χ2n) is 7.06. The van der Waals surface area contributed by atoms with E-state index >= 15 is 0 Å². The van der Waals surface area contributed by atoms with Crippen molar-refractivity contribution in [1.29, 1.82) is 0 Å². The van der Waals surface area contributed by atoms with Gasteiger partial charge in [0.05, 0.1) is 22.7 Å². The van der Waals surface area contributed by atoms with Crippen LogP contribution in [0.5, 0.6) is 0 Å². The van der Waals surface area contributed by atoms with Crippen molar-refractivity contribution >= 4 is 15.7 Å². The molecule has 2 aliphatic rings. The molecule has 2 saturated heterocycles. The Balaban J connectivity index is 2.19. The van der Waals surface area contributed by atoms with Crippen LogP contribution in [0, 0.1) is 5.92 Å². The first-order chi connectivity index (χ1) is 9.69. The van der Waals surface area contributed by atoms with E-state index in [0.29, 0.717) is 25.3 Å². The summed E-state index contributed by atoms with van der Waals surface area (Å²) in [4.78, 5) is 14.5. The van der Waals surface area contributed by atoms with Crippen LogP contribution in [-0.4, -0.2) is 48.5 Å². The Labute approximate surface area is 128 Å². The van der Waals surface area contributed by atoms with Crippen molar-refractivity contribution in [2.45, 2.75) is 70.3 Å². The Hall–Kier alpha value is -0.620. The van der Waals surface area contributed by atoms with Crippen LogP contribution in [0.1, 0.15) is 53.4 Å². The minimum Gasteiger partial charge on any atom is -0.324 e. The summed E-state index contributed by atoms with van der Waals surface area (Å²) >= 11 is 0. The van der Waals surface area contributed by atoms with E-state index in [1.165, 1.54) is 0 Å². The average molecular weight is 316 g/mol. The van der Waals surface area contributed by atoms with Crippen LogP contribution in [0.25, 0.3) is 0 Å². The van der Waals surface area contributed by atoms with Gasteiger partial charge in [0.15, 0.2) is 9.84 Å². The molecule has 0 aromatic rings. The first-order valence-electron chi connectivity index (χ1n) is 8.00. The molecule has 1 amide bonds. The van der Waals surface area contributed by atoms with E-state index in [2.05, 4.69) is 19.2 Å². The van der Waals surface area contributed by atoms with E-state index in [1.54, 1.807) is 4.90 Å². The average Bonchev–Trinajstić information content (AvgIpc) is 2.82. The molecule has 0 radical (unpaired) electrons. The highest BCUT2D eigenvalue weighted by Crippen LogP contribution is 2.30. The van der Waals surface area contributed by atoms with Gasteiger partial charge in [0.1, 0.15) is 0 Å². The molecular weight excluding hydrogens is 288 g/mol. The van der Waals surface area contributed by atoms with Crippen molar-refractivity contribution in [1.82, 2.24) is 10.2 Å². The van der Waals surface area contributed by atoms with E-state index in [4.69, 9.17) is 0 Å². The van der Waals surface area contributed by atoms with Crippen LogP contribution < -0.4 is 5.32 Å². The largest absolute Gasteiger partial charge is 0.324 e.